The summed E-state index contributed by atoms with van der Waals surface area (Å²) in [5, 5.41) is -0.741. The van der Waals surface area contributed by atoms with Gasteiger partial charge in [-0.25, -0.2) is 4.98 Å². The molecule has 0 radical (unpaired) electrons. The van der Waals surface area contributed by atoms with Crippen molar-refractivity contribution in [2.24, 2.45) is 0 Å². The summed E-state index contributed by atoms with van der Waals surface area (Å²) in [5.41, 5.74) is 0. The molecule has 54 valence electrons. The maximum atomic E-state index is 10.6. The van der Waals surface area contributed by atoms with Crippen LogP contribution in [0, 0.1) is 0 Å². The molecule has 0 N–H and O–H groups in total. The number of rotatable bonds is 2. The van der Waals surface area contributed by atoms with Crippen LogP contribution in [-0.2, 0) is 4.79 Å². The van der Waals surface area contributed by atoms with E-state index in [4.69, 9.17) is 16.0 Å². The van der Waals surface area contributed by atoms with Crippen LogP contribution in [0.1, 0.15) is 18.2 Å². The van der Waals surface area contributed by atoms with Crippen molar-refractivity contribution in [1.82, 2.24) is 4.98 Å². The van der Waals surface area contributed by atoms with Gasteiger partial charge >= 0.3 is 0 Å². The lowest BCUT2D eigenvalue weighted by molar-refractivity contribution is -0.117. The van der Waals surface area contributed by atoms with Crippen molar-refractivity contribution in [1.29, 1.82) is 0 Å². The van der Waals surface area contributed by atoms with Crippen LogP contribution in [0.5, 0.6) is 0 Å². The number of ketones is 1. The van der Waals surface area contributed by atoms with E-state index in [1.807, 2.05) is 0 Å². The van der Waals surface area contributed by atoms with Gasteiger partial charge in [-0.05, 0) is 6.92 Å². The number of oxazole rings is 1. The van der Waals surface area contributed by atoms with Gasteiger partial charge in [-0.15, -0.1) is 11.6 Å². The predicted molar refractivity (Wildman–Crippen MR) is 35.8 cm³/mol. The molecule has 1 rings (SSSR count). The first-order valence-corrected chi connectivity index (χ1v) is 3.19. The second kappa shape index (κ2) is 2.84. The van der Waals surface area contributed by atoms with Crippen molar-refractivity contribution in [3.8, 4) is 0 Å². The third kappa shape index (κ3) is 1.36. The highest BCUT2D eigenvalue weighted by Crippen LogP contribution is 2.18. The Morgan fingerprint density at radius 3 is 3.00 bits per heavy atom. The van der Waals surface area contributed by atoms with E-state index in [1.165, 1.54) is 19.4 Å². The molecule has 0 amide bonds. The molecule has 0 bridgehead atoms. The van der Waals surface area contributed by atoms with E-state index in [-0.39, 0.29) is 11.7 Å². The fourth-order valence-electron chi connectivity index (χ4n) is 0.534. The minimum absolute atomic E-state index is 0.163. The molecule has 1 aromatic rings. The number of hydrogen-bond acceptors (Lipinski definition) is 3. The molecule has 3 nitrogen and oxygen atoms in total. The zero-order valence-corrected chi connectivity index (χ0v) is 6.13. The number of carbonyl (C=O) groups excluding carboxylic acids is 1. The van der Waals surface area contributed by atoms with Crippen molar-refractivity contribution in [2.75, 3.05) is 0 Å². The van der Waals surface area contributed by atoms with Crippen molar-refractivity contribution in [3.63, 3.8) is 0 Å². The number of carbonyl (C=O) groups is 1. The first-order valence-electron chi connectivity index (χ1n) is 2.75. The average Bonchev–Trinajstić information content (AvgIpc) is 2.36. The van der Waals surface area contributed by atoms with Gasteiger partial charge in [0, 0.05) is 0 Å². The van der Waals surface area contributed by atoms with Gasteiger partial charge in [-0.3, -0.25) is 4.79 Å². The lowest BCUT2D eigenvalue weighted by Gasteiger charge is -1.96. The van der Waals surface area contributed by atoms with E-state index in [0.29, 0.717) is 0 Å². The normalized spacial score (nSPS) is 13.0. The summed E-state index contributed by atoms with van der Waals surface area (Å²) in [6.07, 6.45) is 2.83. The fraction of sp³-hybridized carbons (Fsp3) is 0.333. The molecular weight excluding hydrogens is 154 g/mol. The molecule has 0 spiro atoms. The number of alkyl halides is 1. The van der Waals surface area contributed by atoms with E-state index in [0.717, 1.165) is 0 Å². The minimum Gasteiger partial charge on any atom is -0.447 e. The first-order chi connectivity index (χ1) is 4.72. The van der Waals surface area contributed by atoms with Gasteiger partial charge < -0.3 is 4.42 Å². The fourth-order valence-corrected chi connectivity index (χ4v) is 0.641. The molecule has 0 aliphatic rings. The lowest BCUT2D eigenvalue weighted by atomic mass is 10.3. The number of nitrogens with zero attached hydrogens (tertiary/aromatic N) is 1. The largest absolute Gasteiger partial charge is 0.447 e. The summed E-state index contributed by atoms with van der Waals surface area (Å²) < 4.78 is 4.79. The number of Topliss-reactive ketones (excluding diaryl/α,β-unsaturated/α-hetero) is 1. The molecular formula is C6H6ClNO2. The first kappa shape index (κ1) is 7.28. The predicted octanol–water partition coefficient (Wildman–Crippen LogP) is 1.54. The van der Waals surface area contributed by atoms with Crippen molar-refractivity contribution in [3.05, 3.63) is 18.4 Å². The summed E-state index contributed by atoms with van der Waals surface area (Å²) in [7, 11) is 0. The Kier molecular flexibility index (Phi) is 2.06. The standard InChI is InChI=1S/C6H6ClNO2/c1-4(9)5(7)6-8-2-3-10-6/h2-3,5H,1H3. The highest BCUT2D eigenvalue weighted by Gasteiger charge is 2.16. The summed E-state index contributed by atoms with van der Waals surface area (Å²) in [4.78, 5) is 14.3. The molecule has 1 unspecified atom stereocenters. The number of aromatic nitrogens is 1. The Balaban J connectivity index is 2.77. The Morgan fingerprint density at radius 2 is 2.60 bits per heavy atom. The van der Waals surface area contributed by atoms with Gasteiger partial charge in [0.15, 0.2) is 11.2 Å². The number of hydrogen-bond donors (Lipinski definition) is 0. The van der Waals surface area contributed by atoms with Crippen LogP contribution in [0.15, 0.2) is 16.9 Å². The maximum Gasteiger partial charge on any atom is 0.219 e. The molecule has 0 aliphatic heterocycles. The zero-order valence-electron chi connectivity index (χ0n) is 5.37. The monoisotopic (exact) mass is 159 g/mol. The van der Waals surface area contributed by atoms with Gasteiger partial charge in [0.1, 0.15) is 6.26 Å². The SMILES string of the molecule is CC(=O)C(Cl)c1ncco1. The van der Waals surface area contributed by atoms with E-state index < -0.39 is 5.38 Å². The van der Waals surface area contributed by atoms with Crippen LogP contribution in [-0.4, -0.2) is 10.8 Å². The minimum atomic E-state index is -0.741. The summed E-state index contributed by atoms with van der Waals surface area (Å²) in [6.45, 7) is 1.39. The van der Waals surface area contributed by atoms with Gasteiger partial charge in [-0.2, -0.15) is 0 Å². The highest BCUT2D eigenvalue weighted by atomic mass is 35.5. The highest BCUT2D eigenvalue weighted by molar-refractivity contribution is 6.30. The average molecular weight is 160 g/mol. The third-order valence-corrected chi connectivity index (χ3v) is 1.52. The summed E-state index contributed by atoms with van der Waals surface area (Å²) in [6, 6.07) is 0. The van der Waals surface area contributed by atoms with Crippen molar-refractivity contribution >= 4 is 17.4 Å². The third-order valence-electron chi connectivity index (χ3n) is 1.03. The van der Waals surface area contributed by atoms with E-state index in [2.05, 4.69) is 4.98 Å². The molecule has 0 aliphatic carbocycles. The van der Waals surface area contributed by atoms with Gasteiger partial charge in [0.2, 0.25) is 5.89 Å². The quantitative estimate of drug-likeness (QED) is 0.615. The van der Waals surface area contributed by atoms with Crippen LogP contribution in [0.25, 0.3) is 0 Å². The Morgan fingerprint density at radius 1 is 1.90 bits per heavy atom. The molecule has 1 heterocycles. The van der Waals surface area contributed by atoms with Crippen LogP contribution < -0.4 is 0 Å². The second-order valence-electron chi connectivity index (χ2n) is 1.84. The number of halogens is 1. The summed E-state index contributed by atoms with van der Waals surface area (Å²) >= 11 is 5.58. The van der Waals surface area contributed by atoms with E-state index >= 15 is 0 Å². The van der Waals surface area contributed by atoms with Gasteiger partial charge in [0.05, 0.1) is 6.20 Å². The van der Waals surface area contributed by atoms with E-state index in [1.54, 1.807) is 0 Å². The van der Waals surface area contributed by atoms with Crippen LogP contribution in [0.4, 0.5) is 0 Å². The van der Waals surface area contributed by atoms with Crippen LogP contribution in [0.3, 0.4) is 0 Å². The molecule has 0 saturated carbocycles. The second-order valence-corrected chi connectivity index (χ2v) is 2.28. The Hall–Kier alpha value is -0.830. The van der Waals surface area contributed by atoms with Crippen LogP contribution in [0.2, 0.25) is 0 Å². The molecule has 0 aromatic carbocycles. The Labute approximate surface area is 63.0 Å². The van der Waals surface area contributed by atoms with E-state index in [9.17, 15) is 4.79 Å². The summed E-state index contributed by atoms with van der Waals surface area (Å²) in [5.74, 6) is 0.0956. The van der Waals surface area contributed by atoms with Gasteiger partial charge in [0.25, 0.3) is 0 Å². The maximum absolute atomic E-state index is 10.6. The zero-order chi connectivity index (χ0) is 7.56. The van der Waals surface area contributed by atoms with Crippen LogP contribution >= 0.6 is 11.6 Å². The smallest absolute Gasteiger partial charge is 0.219 e. The molecule has 1 atom stereocenters. The van der Waals surface area contributed by atoms with Crippen molar-refractivity contribution < 1.29 is 9.21 Å². The molecule has 0 saturated heterocycles. The topological polar surface area (TPSA) is 43.1 Å². The van der Waals surface area contributed by atoms with Gasteiger partial charge in [-0.1, -0.05) is 0 Å². The molecule has 10 heavy (non-hydrogen) atoms. The molecule has 4 heteroatoms. The lowest BCUT2D eigenvalue weighted by Crippen LogP contribution is -2.00. The van der Waals surface area contributed by atoms with Crippen molar-refractivity contribution in [2.45, 2.75) is 12.3 Å². The molecule has 1 aromatic heterocycles. The molecule has 0 fully saturated rings. The Bertz CT molecular complexity index is 220.